The van der Waals surface area contributed by atoms with Crippen molar-refractivity contribution in [1.29, 1.82) is 0 Å². The Morgan fingerprint density at radius 2 is 1.91 bits per heavy atom. The van der Waals surface area contributed by atoms with Crippen LogP contribution >= 0.6 is 0 Å². The van der Waals surface area contributed by atoms with Crippen LogP contribution in [0, 0.1) is 6.92 Å². The smallest absolute Gasteiger partial charge is 0.406 e. The lowest BCUT2D eigenvalue weighted by atomic mass is 9.97. The summed E-state index contributed by atoms with van der Waals surface area (Å²) >= 11 is 0. The van der Waals surface area contributed by atoms with Crippen molar-refractivity contribution in [2.24, 2.45) is 5.73 Å². The predicted octanol–water partition coefficient (Wildman–Crippen LogP) is 6.73. The van der Waals surface area contributed by atoms with Crippen LogP contribution in [0.25, 0.3) is 11.1 Å². The lowest BCUT2D eigenvalue weighted by Crippen LogP contribution is -2.17. The number of aromatic nitrogens is 1. The predicted molar refractivity (Wildman–Crippen MR) is 126 cm³/mol. The standard InChI is InChI=1S/C27H29F3N2O2/c1-3-4-5-13-23-25(19-10-8-11-20(16-19)34-27(28,29)30)24(26(31)33)17(2)32(23)22-15-14-18-9-6-7-12-21(18)22/h6-12,16,22H,3-5,13-15H2,1-2H3,(H2,31,33). The van der Waals surface area contributed by atoms with Crippen LogP contribution in [-0.2, 0) is 12.8 Å². The minimum absolute atomic E-state index is 0.0503. The highest BCUT2D eigenvalue weighted by atomic mass is 19.4. The lowest BCUT2D eigenvalue weighted by molar-refractivity contribution is -0.274. The minimum Gasteiger partial charge on any atom is -0.406 e. The van der Waals surface area contributed by atoms with E-state index in [2.05, 4.69) is 28.4 Å². The summed E-state index contributed by atoms with van der Waals surface area (Å²) in [5.74, 6) is -0.909. The van der Waals surface area contributed by atoms with E-state index in [1.165, 1.54) is 29.3 Å². The number of alkyl halides is 3. The molecule has 0 spiro atoms. The number of carbonyl (C=O) groups is 1. The number of aryl methyl sites for hydroxylation is 1. The molecular weight excluding hydrogens is 441 g/mol. The lowest BCUT2D eigenvalue weighted by Gasteiger charge is -2.21. The first-order valence-electron chi connectivity index (χ1n) is 11.7. The van der Waals surface area contributed by atoms with Crippen LogP contribution in [0.15, 0.2) is 48.5 Å². The van der Waals surface area contributed by atoms with Crippen LogP contribution in [0.4, 0.5) is 13.2 Å². The van der Waals surface area contributed by atoms with Gasteiger partial charge in [-0.3, -0.25) is 4.79 Å². The van der Waals surface area contributed by atoms with Gasteiger partial charge in [0.25, 0.3) is 5.91 Å². The SMILES string of the molecule is CCCCCc1c(-c2cccc(OC(F)(F)F)c2)c(C(N)=O)c(C)n1C1CCc2ccccc21. The molecule has 2 aromatic carbocycles. The summed E-state index contributed by atoms with van der Waals surface area (Å²) in [6.45, 7) is 4.00. The van der Waals surface area contributed by atoms with Crippen molar-refractivity contribution in [3.63, 3.8) is 0 Å². The van der Waals surface area contributed by atoms with E-state index in [1.54, 1.807) is 6.07 Å². The highest BCUT2D eigenvalue weighted by Gasteiger charge is 2.33. The molecule has 4 rings (SSSR count). The van der Waals surface area contributed by atoms with Gasteiger partial charge >= 0.3 is 6.36 Å². The summed E-state index contributed by atoms with van der Waals surface area (Å²) in [5.41, 5.74) is 11.5. The van der Waals surface area contributed by atoms with Gasteiger partial charge in [-0.05, 0) is 61.4 Å². The number of primary amides is 1. The van der Waals surface area contributed by atoms with Crippen molar-refractivity contribution in [1.82, 2.24) is 4.57 Å². The van der Waals surface area contributed by atoms with Crippen molar-refractivity contribution in [2.75, 3.05) is 0 Å². The molecule has 1 aliphatic carbocycles. The van der Waals surface area contributed by atoms with E-state index in [-0.39, 0.29) is 11.8 Å². The quantitative estimate of drug-likeness (QED) is 0.371. The Bertz CT molecular complexity index is 1200. The average molecular weight is 471 g/mol. The molecule has 1 aromatic heterocycles. The maximum Gasteiger partial charge on any atom is 0.573 e. The first kappa shape index (κ1) is 23.9. The van der Waals surface area contributed by atoms with Gasteiger partial charge in [-0.15, -0.1) is 13.2 Å². The van der Waals surface area contributed by atoms with Gasteiger partial charge in [0.15, 0.2) is 0 Å². The Labute approximate surface area is 197 Å². The second-order valence-electron chi connectivity index (χ2n) is 8.80. The third-order valence-corrected chi connectivity index (χ3v) is 6.59. The number of ether oxygens (including phenoxy) is 1. The number of rotatable bonds is 8. The Balaban J connectivity index is 1.92. The van der Waals surface area contributed by atoms with E-state index in [1.807, 2.05) is 19.1 Å². The van der Waals surface area contributed by atoms with Gasteiger partial charge in [-0.1, -0.05) is 56.2 Å². The van der Waals surface area contributed by atoms with Gasteiger partial charge in [-0.25, -0.2) is 0 Å². The zero-order chi connectivity index (χ0) is 24.5. The fraction of sp³-hybridized carbons (Fsp3) is 0.370. The Hall–Kier alpha value is -3.22. The van der Waals surface area contributed by atoms with E-state index in [0.29, 0.717) is 23.1 Å². The molecule has 4 nitrogen and oxygen atoms in total. The molecule has 1 aliphatic rings. The number of nitrogens with zero attached hydrogens (tertiary/aromatic N) is 1. The summed E-state index contributed by atoms with van der Waals surface area (Å²) in [6.07, 6.45) is 0.656. The second-order valence-corrected chi connectivity index (χ2v) is 8.80. The van der Waals surface area contributed by atoms with Crippen LogP contribution in [0.3, 0.4) is 0 Å². The molecule has 0 saturated carbocycles. The number of halogens is 3. The van der Waals surface area contributed by atoms with Crippen molar-refractivity contribution < 1.29 is 22.7 Å². The van der Waals surface area contributed by atoms with E-state index >= 15 is 0 Å². The van der Waals surface area contributed by atoms with Gasteiger partial charge in [0, 0.05) is 17.0 Å². The molecule has 1 heterocycles. The molecule has 0 saturated heterocycles. The molecule has 0 radical (unpaired) electrons. The van der Waals surface area contributed by atoms with Gasteiger partial charge in [-0.2, -0.15) is 0 Å². The van der Waals surface area contributed by atoms with Crippen molar-refractivity contribution in [2.45, 2.75) is 64.8 Å². The van der Waals surface area contributed by atoms with Crippen molar-refractivity contribution in [3.8, 4) is 16.9 Å². The molecule has 1 amide bonds. The number of hydrogen-bond acceptors (Lipinski definition) is 2. The van der Waals surface area contributed by atoms with E-state index in [0.717, 1.165) is 43.5 Å². The molecule has 180 valence electrons. The van der Waals surface area contributed by atoms with Gasteiger partial charge < -0.3 is 15.0 Å². The third kappa shape index (κ3) is 4.69. The van der Waals surface area contributed by atoms with Crippen molar-refractivity contribution >= 4 is 5.91 Å². The topological polar surface area (TPSA) is 57.2 Å². The summed E-state index contributed by atoms with van der Waals surface area (Å²) in [4.78, 5) is 12.7. The van der Waals surface area contributed by atoms with Gasteiger partial charge in [0.1, 0.15) is 5.75 Å². The normalized spacial score (nSPS) is 15.4. The molecule has 1 unspecified atom stereocenters. The maximum absolute atomic E-state index is 12.9. The third-order valence-electron chi connectivity index (χ3n) is 6.59. The Morgan fingerprint density at radius 3 is 2.62 bits per heavy atom. The molecule has 0 fully saturated rings. The molecule has 0 aliphatic heterocycles. The van der Waals surface area contributed by atoms with Crippen LogP contribution < -0.4 is 10.5 Å². The highest BCUT2D eigenvalue weighted by molar-refractivity contribution is 6.02. The number of carbonyl (C=O) groups excluding carboxylic acids is 1. The number of amides is 1. The average Bonchev–Trinajstić information content (AvgIpc) is 3.31. The van der Waals surface area contributed by atoms with E-state index in [9.17, 15) is 18.0 Å². The van der Waals surface area contributed by atoms with Crippen LogP contribution in [0.1, 0.15) is 71.5 Å². The van der Waals surface area contributed by atoms with Gasteiger partial charge in [0.2, 0.25) is 0 Å². The summed E-state index contributed by atoms with van der Waals surface area (Å²) in [5, 5.41) is 0. The first-order chi connectivity index (χ1) is 16.2. The molecular formula is C27H29F3N2O2. The Kier molecular flexibility index (Phi) is 6.73. The van der Waals surface area contributed by atoms with E-state index in [4.69, 9.17) is 5.73 Å². The number of fused-ring (bicyclic) bond motifs is 1. The molecule has 7 heteroatoms. The molecule has 2 N–H and O–H groups in total. The second kappa shape index (κ2) is 9.57. The molecule has 3 aromatic rings. The van der Waals surface area contributed by atoms with Crippen molar-refractivity contribution in [3.05, 3.63) is 76.6 Å². The Morgan fingerprint density at radius 1 is 1.15 bits per heavy atom. The van der Waals surface area contributed by atoms with E-state index < -0.39 is 12.3 Å². The summed E-state index contributed by atoms with van der Waals surface area (Å²) in [6, 6.07) is 14.1. The zero-order valence-electron chi connectivity index (χ0n) is 19.4. The van der Waals surface area contributed by atoms with Crippen LogP contribution in [-0.4, -0.2) is 16.8 Å². The highest BCUT2D eigenvalue weighted by Crippen LogP contribution is 2.42. The molecule has 1 atom stereocenters. The van der Waals surface area contributed by atoms with Crippen LogP contribution in [0.5, 0.6) is 5.75 Å². The molecule has 0 bridgehead atoms. The van der Waals surface area contributed by atoms with Gasteiger partial charge in [0.05, 0.1) is 11.6 Å². The maximum atomic E-state index is 12.9. The number of nitrogens with two attached hydrogens (primary N) is 1. The number of unbranched alkanes of at least 4 members (excludes halogenated alkanes) is 2. The zero-order valence-corrected chi connectivity index (χ0v) is 19.4. The summed E-state index contributed by atoms with van der Waals surface area (Å²) < 4.78 is 45.0. The monoisotopic (exact) mass is 470 g/mol. The number of hydrogen-bond donors (Lipinski definition) is 1. The minimum atomic E-state index is -4.80. The fourth-order valence-corrected chi connectivity index (χ4v) is 5.24. The fourth-order valence-electron chi connectivity index (χ4n) is 5.24. The molecule has 34 heavy (non-hydrogen) atoms. The number of benzene rings is 2. The first-order valence-corrected chi connectivity index (χ1v) is 11.7. The summed E-state index contributed by atoms with van der Waals surface area (Å²) in [7, 11) is 0. The largest absolute Gasteiger partial charge is 0.573 e. The van der Waals surface area contributed by atoms with Crippen LogP contribution in [0.2, 0.25) is 0 Å².